The largest absolute Gasteiger partial charge is 0.480 e. The minimum absolute atomic E-state index is 0.0701. The number of nitrogens with zero attached hydrogens (tertiary/aromatic N) is 1. The summed E-state index contributed by atoms with van der Waals surface area (Å²) in [6.45, 7) is 0. The van der Waals surface area contributed by atoms with Crippen molar-refractivity contribution in [2.45, 2.75) is 88.8 Å². The Bertz CT molecular complexity index is 871. The van der Waals surface area contributed by atoms with Gasteiger partial charge in [-0.2, -0.15) is 0 Å². The number of aromatic nitrogens is 1. The number of pyridine rings is 1. The van der Waals surface area contributed by atoms with Crippen LogP contribution in [0.1, 0.15) is 69.8 Å². The second-order valence-corrected chi connectivity index (χ2v) is 10.4. The first-order valence-electron chi connectivity index (χ1n) is 12.7. The average Bonchev–Trinajstić information content (AvgIpc) is 3.43. The van der Waals surface area contributed by atoms with Gasteiger partial charge in [-0.1, -0.05) is 44.6 Å². The molecule has 0 spiro atoms. The summed E-state index contributed by atoms with van der Waals surface area (Å²) < 4.78 is 0. The number of nitrogens with one attached hydrogen (secondary N) is 3. The molecule has 6 N–H and O–H groups in total. The Hall–Kier alpha value is -2.84. The number of amides is 3. The molecular formula is C25H37N5O4. The number of nitrogens with two attached hydrogens (primary N) is 1. The predicted molar refractivity (Wildman–Crippen MR) is 128 cm³/mol. The third kappa shape index (κ3) is 6.39. The van der Waals surface area contributed by atoms with Gasteiger partial charge in [-0.25, -0.2) is 14.6 Å². The van der Waals surface area contributed by atoms with E-state index < -0.39 is 24.1 Å². The quantitative estimate of drug-likeness (QED) is 0.374. The summed E-state index contributed by atoms with van der Waals surface area (Å²) in [6.07, 6.45) is 12.4. The van der Waals surface area contributed by atoms with Crippen molar-refractivity contribution in [3.8, 4) is 0 Å². The summed E-state index contributed by atoms with van der Waals surface area (Å²) >= 11 is 0. The van der Waals surface area contributed by atoms with Crippen LogP contribution < -0.4 is 21.7 Å². The molecule has 1 aromatic heterocycles. The van der Waals surface area contributed by atoms with Gasteiger partial charge >= 0.3 is 12.0 Å². The fraction of sp³-hybridized carbons (Fsp3) is 0.680. The lowest BCUT2D eigenvalue weighted by molar-refractivity contribution is -0.139. The van der Waals surface area contributed by atoms with Crippen LogP contribution in [0.3, 0.4) is 0 Å². The summed E-state index contributed by atoms with van der Waals surface area (Å²) in [5, 5.41) is 18.2. The van der Waals surface area contributed by atoms with Gasteiger partial charge in [0, 0.05) is 18.7 Å². The van der Waals surface area contributed by atoms with Crippen LogP contribution in [0.5, 0.6) is 0 Å². The van der Waals surface area contributed by atoms with E-state index in [1.807, 2.05) is 0 Å². The lowest BCUT2D eigenvalue weighted by atomic mass is 9.84. The fourth-order valence-corrected chi connectivity index (χ4v) is 6.04. The lowest BCUT2D eigenvalue weighted by Crippen LogP contribution is -2.55. The Morgan fingerprint density at radius 3 is 2.41 bits per heavy atom. The second kappa shape index (κ2) is 11.1. The number of carboxylic acids is 1. The SMILES string of the molecule is Nc1ccc(CC(NC(=O)N[C@H](CC2CCCCC2)C(=O)NC2CC3CCC2C3)C(=O)O)cn1. The minimum Gasteiger partial charge on any atom is -0.480 e. The zero-order chi connectivity index (χ0) is 24.1. The van der Waals surface area contributed by atoms with Gasteiger partial charge in [-0.05, 0) is 55.1 Å². The van der Waals surface area contributed by atoms with E-state index in [9.17, 15) is 19.5 Å². The van der Waals surface area contributed by atoms with Crippen molar-refractivity contribution >= 4 is 23.7 Å². The molecule has 0 aromatic carbocycles. The number of anilines is 1. The number of hydrogen-bond acceptors (Lipinski definition) is 5. The maximum Gasteiger partial charge on any atom is 0.326 e. The summed E-state index contributed by atoms with van der Waals surface area (Å²) in [5.41, 5.74) is 6.24. The van der Waals surface area contributed by atoms with Crippen molar-refractivity contribution in [2.24, 2.45) is 17.8 Å². The Kier molecular flexibility index (Phi) is 7.90. The van der Waals surface area contributed by atoms with Crippen LogP contribution in [0.15, 0.2) is 18.3 Å². The van der Waals surface area contributed by atoms with Crippen LogP contribution in [-0.2, 0) is 16.0 Å². The summed E-state index contributed by atoms with van der Waals surface area (Å²) in [6, 6.07) is 1.01. The van der Waals surface area contributed by atoms with Gasteiger partial charge in [0.2, 0.25) is 5.91 Å². The first-order valence-corrected chi connectivity index (χ1v) is 12.7. The van der Waals surface area contributed by atoms with E-state index in [2.05, 4.69) is 20.9 Å². The molecule has 0 radical (unpaired) electrons. The maximum atomic E-state index is 13.2. The van der Waals surface area contributed by atoms with Gasteiger partial charge in [0.05, 0.1) is 0 Å². The molecule has 3 amide bonds. The number of hydrogen-bond donors (Lipinski definition) is 5. The van der Waals surface area contributed by atoms with Gasteiger partial charge in [0.25, 0.3) is 0 Å². The third-order valence-electron chi connectivity index (χ3n) is 7.87. The molecule has 3 aliphatic rings. The minimum atomic E-state index is -1.15. The monoisotopic (exact) mass is 471 g/mol. The average molecular weight is 472 g/mol. The number of nitrogen functional groups attached to an aromatic ring is 1. The summed E-state index contributed by atoms with van der Waals surface area (Å²) in [7, 11) is 0. The molecule has 3 saturated carbocycles. The standard InChI is InChI=1S/C25H37N5O4/c26-22-9-7-17(14-27-22)13-21(24(32)33)30-25(34)29-20(11-15-4-2-1-3-5-15)23(31)28-19-12-16-6-8-18(19)10-16/h7,9,14-16,18-21H,1-6,8,10-13H2,(H2,26,27)(H,28,31)(H,32,33)(H2,29,30,34)/t16?,18?,19?,20-,21?/m1/s1. The van der Waals surface area contributed by atoms with Crippen LogP contribution >= 0.6 is 0 Å². The van der Waals surface area contributed by atoms with E-state index in [-0.39, 0.29) is 18.4 Å². The van der Waals surface area contributed by atoms with Gasteiger partial charge in [-0.3, -0.25) is 4.79 Å². The van der Waals surface area contributed by atoms with Gasteiger partial charge in [0.15, 0.2) is 0 Å². The number of urea groups is 1. The summed E-state index contributed by atoms with van der Waals surface area (Å²) in [4.78, 5) is 41.8. The Morgan fingerprint density at radius 2 is 1.79 bits per heavy atom. The smallest absolute Gasteiger partial charge is 0.326 e. The highest BCUT2D eigenvalue weighted by atomic mass is 16.4. The molecule has 0 saturated heterocycles. The van der Waals surface area contributed by atoms with Crippen LogP contribution in [0.2, 0.25) is 0 Å². The predicted octanol–water partition coefficient (Wildman–Crippen LogP) is 2.60. The molecule has 4 rings (SSSR count). The molecule has 4 unspecified atom stereocenters. The molecule has 3 aliphatic carbocycles. The third-order valence-corrected chi connectivity index (χ3v) is 7.87. The van der Waals surface area contributed by atoms with Gasteiger partial charge in [0.1, 0.15) is 17.9 Å². The van der Waals surface area contributed by atoms with Crippen molar-refractivity contribution < 1.29 is 19.5 Å². The van der Waals surface area contributed by atoms with E-state index in [4.69, 9.17) is 5.73 Å². The number of rotatable bonds is 9. The van der Waals surface area contributed by atoms with Crippen LogP contribution in [0.4, 0.5) is 10.6 Å². The van der Waals surface area contributed by atoms with Crippen LogP contribution in [-0.4, -0.2) is 46.1 Å². The van der Waals surface area contributed by atoms with Crippen molar-refractivity contribution in [1.29, 1.82) is 0 Å². The van der Waals surface area contributed by atoms with Crippen molar-refractivity contribution in [1.82, 2.24) is 20.9 Å². The first kappa shape index (κ1) is 24.3. The van der Waals surface area contributed by atoms with E-state index in [1.165, 1.54) is 25.5 Å². The zero-order valence-electron chi connectivity index (χ0n) is 19.7. The van der Waals surface area contributed by atoms with E-state index >= 15 is 0 Å². The van der Waals surface area contributed by atoms with Crippen molar-refractivity contribution in [3.05, 3.63) is 23.9 Å². The molecule has 34 heavy (non-hydrogen) atoms. The molecule has 1 aromatic rings. The fourth-order valence-electron chi connectivity index (χ4n) is 6.04. The highest BCUT2D eigenvalue weighted by Gasteiger charge is 2.41. The number of carboxylic acid groups (broad SMARTS) is 1. The molecule has 5 atom stereocenters. The Balaban J connectivity index is 1.37. The molecule has 2 bridgehead atoms. The van der Waals surface area contributed by atoms with Gasteiger partial charge < -0.3 is 26.8 Å². The zero-order valence-corrected chi connectivity index (χ0v) is 19.7. The highest BCUT2D eigenvalue weighted by Crippen LogP contribution is 2.44. The van der Waals surface area contributed by atoms with Crippen LogP contribution in [0, 0.1) is 17.8 Å². The number of aliphatic carboxylic acids is 1. The lowest BCUT2D eigenvalue weighted by Gasteiger charge is -2.29. The molecular weight excluding hydrogens is 434 g/mol. The molecule has 9 heteroatoms. The van der Waals surface area contributed by atoms with E-state index in [0.717, 1.165) is 38.5 Å². The topological polar surface area (TPSA) is 146 Å². The Morgan fingerprint density at radius 1 is 1.03 bits per heavy atom. The molecule has 1 heterocycles. The van der Waals surface area contributed by atoms with Gasteiger partial charge in [-0.15, -0.1) is 0 Å². The number of fused-ring (bicyclic) bond motifs is 2. The number of carbonyl (C=O) groups is 3. The van der Waals surface area contributed by atoms with E-state index in [1.54, 1.807) is 12.1 Å². The second-order valence-electron chi connectivity index (χ2n) is 10.4. The highest BCUT2D eigenvalue weighted by molar-refractivity contribution is 5.89. The van der Waals surface area contributed by atoms with Crippen molar-refractivity contribution in [2.75, 3.05) is 5.73 Å². The molecule has 0 aliphatic heterocycles. The first-order chi connectivity index (χ1) is 16.4. The van der Waals surface area contributed by atoms with E-state index in [0.29, 0.717) is 35.6 Å². The molecule has 186 valence electrons. The summed E-state index contributed by atoms with van der Waals surface area (Å²) in [5.74, 6) is 0.690. The maximum absolute atomic E-state index is 13.2. The normalized spacial score (nSPS) is 25.9. The number of carbonyl (C=O) groups excluding carboxylic acids is 2. The molecule has 3 fully saturated rings. The Labute approximate surface area is 200 Å². The van der Waals surface area contributed by atoms with Crippen molar-refractivity contribution in [3.63, 3.8) is 0 Å². The molecule has 9 nitrogen and oxygen atoms in total. The van der Waals surface area contributed by atoms with Crippen LogP contribution in [0.25, 0.3) is 0 Å².